The zero-order valence-electron chi connectivity index (χ0n) is 7.34. The number of rotatable bonds is 3. The smallest absolute Gasteiger partial charge is 0.140 e. The maximum atomic E-state index is 11.5. The largest absolute Gasteiger partial charge is 0.327 e. The van der Waals surface area contributed by atoms with Crippen LogP contribution >= 0.6 is 0 Å². The van der Waals surface area contributed by atoms with Crippen molar-refractivity contribution < 1.29 is 4.79 Å². The molecule has 0 spiro atoms. The highest BCUT2D eigenvalue weighted by Gasteiger charge is 2.30. The molecule has 0 aliphatic heterocycles. The summed E-state index contributed by atoms with van der Waals surface area (Å²) in [5, 5.41) is 0. The highest BCUT2D eigenvalue weighted by Crippen LogP contribution is 2.29. The molecule has 1 aliphatic rings. The van der Waals surface area contributed by atoms with Crippen molar-refractivity contribution >= 4 is 5.78 Å². The molecule has 0 saturated heterocycles. The van der Waals surface area contributed by atoms with E-state index in [1.807, 2.05) is 13.8 Å². The van der Waals surface area contributed by atoms with Crippen LogP contribution in [0.15, 0.2) is 0 Å². The molecule has 0 aromatic heterocycles. The van der Waals surface area contributed by atoms with Crippen molar-refractivity contribution in [3.8, 4) is 0 Å². The Bertz CT molecular complexity index is 150. The Kier molecular flexibility index (Phi) is 2.66. The number of nitrogens with two attached hydrogens (primary N) is 1. The normalized spacial score (nSPS) is 23.9. The zero-order chi connectivity index (χ0) is 8.43. The molecule has 11 heavy (non-hydrogen) atoms. The van der Waals surface area contributed by atoms with Crippen LogP contribution in [0.2, 0.25) is 0 Å². The van der Waals surface area contributed by atoms with Crippen molar-refractivity contribution in [3.63, 3.8) is 0 Å². The highest BCUT2D eigenvalue weighted by atomic mass is 16.1. The molecule has 0 bridgehead atoms. The number of hydrogen-bond donors (Lipinski definition) is 1. The molecule has 1 rings (SSSR count). The molecule has 0 radical (unpaired) electrons. The quantitative estimate of drug-likeness (QED) is 0.668. The van der Waals surface area contributed by atoms with Crippen LogP contribution in [-0.4, -0.2) is 11.8 Å². The lowest BCUT2D eigenvalue weighted by atomic mass is 9.77. The second-order valence-electron chi connectivity index (χ2n) is 3.68. The molecule has 1 fully saturated rings. The van der Waals surface area contributed by atoms with E-state index in [4.69, 9.17) is 5.73 Å². The summed E-state index contributed by atoms with van der Waals surface area (Å²) >= 11 is 0. The molecule has 2 unspecified atom stereocenters. The molecular formula is C9H17NO. The van der Waals surface area contributed by atoms with Gasteiger partial charge in [0, 0.05) is 17.9 Å². The van der Waals surface area contributed by atoms with Crippen LogP contribution in [0.3, 0.4) is 0 Å². The average molecular weight is 155 g/mol. The van der Waals surface area contributed by atoms with Gasteiger partial charge in [-0.05, 0) is 19.8 Å². The van der Waals surface area contributed by atoms with Gasteiger partial charge in [-0.25, -0.2) is 0 Å². The van der Waals surface area contributed by atoms with Gasteiger partial charge in [0.2, 0.25) is 0 Å². The molecule has 0 heterocycles. The Hall–Kier alpha value is -0.370. The minimum Gasteiger partial charge on any atom is -0.327 e. The summed E-state index contributed by atoms with van der Waals surface area (Å²) in [6, 6.07) is 0.0168. The van der Waals surface area contributed by atoms with E-state index in [1.54, 1.807) is 0 Å². The maximum Gasteiger partial charge on any atom is 0.140 e. The highest BCUT2D eigenvalue weighted by molar-refractivity contribution is 5.84. The van der Waals surface area contributed by atoms with E-state index in [9.17, 15) is 4.79 Å². The third kappa shape index (κ3) is 1.80. The Morgan fingerprint density at radius 2 is 2.00 bits per heavy atom. The maximum absolute atomic E-state index is 11.5. The molecule has 2 heteroatoms. The van der Waals surface area contributed by atoms with Gasteiger partial charge in [0.25, 0.3) is 0 Å². The predicted molar refractivity (Wildman–Crippen MR) is 45.2 cm³/mol. The van der Waals surface area contributed by atoms with Crippen molar-refractivity contribution in [1.82, 2.24) is 0 Å². The number of hydrogen-bond acceptors (Lipinski definition) is 2. The second kappa shape index (κ2) is 3.35. The first kappa shape index (κ1) is 8.72. The molecule has 1 saturated carbocycles. The van der Waals surface area contributed by atoms with E-state index in [1.165, 1.54) is 6.42 Å². The van der Waals surface area contributed by atoms with Crippen molar-refractivity contribution in [2.45, 2.75) is 39.2 Å². The molecule has 0 amide bonds. The van der Waals surface area contributed by atoms with E-state index in [-0.39, 0.29) is 12.0 Å². The number of Topliss-reactive ketones (excluding diaryl/α,β-unsaturated/α-hetero) is 1. The van der Waals surface area contributed by atoms with Crippen molar-refractivity contribution in [3.05, 3.63) is 0 Å². The van der Waals surface area contributed by atoms with Gasteiger partial charge in [-0.1, -0.05) is 13.3 Å². The van der Waals surface area contributed by atoms with Gasteiger partial charge in [-0.3, -0.25) is 4.79 Å². The number of carbonyl (C=O) groups is 1. The summed E-state index contributed by atoms with van der Waals surface area (Å²) in [6.45, 7) is 3.84. The molecule has 64 valence electrons. The van der Waals surface area contributed by atoms with Gasteiger partial charge in [0.05, 0.1) is 0 Å². The van der Waals surface area contributed by atoms with E-state index in [0.29, 0.717) is 11.7 Å². The van der Waals surface area contributed by atoms with Gasteiger partial charge < -0.3 is 5.73 Å². The second-order valence-corrected chi connectivity index (χ2v) is 3.68. The standard InChI is InChI=1S/C9H17NO/c1-6(7(2)10)9(11)8-4-3-5-8/h6-8H,3-5,10H2,1-2H3. The van der Waals surface area contributed by atoms with Crippen LogP contribution in [0.25, 0.3) is 0 Å². The number of carbonyl (C=O) groups excluding carboxylic acids is 1. The Labute approximate surface area is 68.2 Å². The van der Waals surface area contributed by atoms with Crippen molar-refractivity contribution in [2.75, 3.05) is 0 Å². The summed E-state index contributed by atoms with van der Waals surface area (Å²) in [7, 11) is 0. The predicted octanol–water partition coefficient (Wildman–Crippen LogP) is 1.34. The van der Waals surface area contributed by atoms with Crippen LogP contribution in [0.1, 0.15) is 33.1 Å². The first-order valence-electron chi connectivity index (χ1n) is 4.42. The van der Waals surface area contributed by atoms with Crippen molar-refractivity contribution in [2.24, 2.45) is 17.6 Å². The lowest BCUT2D eigenvalue weighted by Crippen LogP contribution is -2.36. The van der Waals surface area contributed by atoms with Crippen LogP contribution in [0.5, 0.6) is 0 Å². The number of ketones is 1. The van der Waals surface area contributed by atoms with E-state index < -0.39 is 0 Å². The molecule has 0 aromatic carbocycles. The molecule has 1 aliphatic carbocycles. The van der Waals surface area contributed by atoms with E-state index in [0.717, 1.165) is 12.8 Å². The summed E-state index contributed by atoms with van der Waals surface area (Å²) in [4.78, 5) is 11.5. The first-order chi connectivity index (χ1) is 5.13. The topological polar surface area (TPSA) is 43.1 Å². The minimum atomic E-state index is 0.0168. The van der Waals surface area contributed by atoms with Crippen LogP contribution in [-0.2, 0) is 4.79 Å². The monoisotopic (exact) mass is 155 g/mol. The summed E-state index contributed by atoms with van der Waals surface area (Å²) in [5.41, 5.74) is 5.63. The summed E-state index contributed by atoms with van der Waals surface area (Å²) in [6.07, 6.45) is 3.41. The summed E-state index contributed by atoms with van der Waals surface area (Å²) in [5.74, 6) is 0.780. The Balaban J connectivity index is 2.39. The van der Waals surface area contributed by atoms with E-state index in [2.05, 4.69) is 0 Å². The molecule has 2 atom stereocenters. The third-order valence-corrected chi connectivity index (χ3v) is 2.75. The molecular weight excluding hydrogens is 138 g/mol. The van der Waals surface area contributed by atoms with Crippen LogP contribution < -0.4 is 5.73 Å². The lowest BCUT2D eigenvalue weighted by Gasteiger charge is -2.28. The van der Waals surface area contributed by atoms with Gasteiger partial charge in [0.15, 0.2) is 0 Å². The lowest BCUT2D eigenvalue weighted by molar-refractivity contribution is -0.129. The zero-order valence-corrected chi connectivity index (χ0v) is 7.34. The van der Waals surface area contributed by atoms with Gasteiger partial charge >= 0.3 is 0 Å². The third-order valence-electron chi connectivity index (χ3n) is 2.75. The fourth-order valence-corrected chi connectivity index (χ4v) is 1.32. The Morgan fingerprint density at radius 3 is 2.27 bits per heavy atom. The Morgan fingerprint density at radius 1 is 1.45 bits per heavy atom. The minimum absolute atomic E-state index is 0.0168. The fraction of sp³-hybridized carbons (Fsp3) is 0.889. The molecule has 0 aromatic rings. The average Bonchev–Trinajstić information content (AvgIpc) is 1.82. The SMILES string of the molecule is CC(N)C(C)C(=O)C1CCC1. The van der Waals surface area contributed by atoms with Gasteiger partial charge in [0.1, 0.15) is 5.78 Å². The van der Waals surface area contributed by atoms with Crippen molar-refractivity contribution in [1.29, 1.82) is 0 Å². The fourth-order valence-electron chi connectivity index (χ4n) is 1.32. The van der Waals surface area contributed by atoms with Crippen LogP contribution in [0, 0.1) is 11.8 Å². The molecule has 2 N–H and O–H groups in total. The van der Waals surface area contributed by atoms with Gasteiger partial charge in [-0.2, -0.15) is 0 Å². The summed E-state index contributed by atoms with van der Waals surface area (Å²) < 4.78 is 0. The van der Waals surface area contributed by atoms with Crippen LogP contribution in [0.4, 0.5) is 0 Å². The molecule has 2 nitrogen and oxygen atoms in total. The van der Waals surface area contributed by atoms with E-state index >= 15 is 0 Å². The van der Waals surface area contributed by atoms with Gasteiger partial charge in [-0.15, -0.1) is 0 Å². The first-order valence-corrected chi connectivity index (χ1v) is 4.42.